The number of likely N-dealkylation sites (tertiary alicyclic amines) is 1. The largest absolute Gasteiger partial charge is 0.448 e. The Kier molecular flexibility index (Phi) is 3.68. The SMILES string of the molecule is CCC(=O)OC1(c2ccccc2)C[N+](C)(C)CC1C. The Morgan fingerprint density at radius 1 is 1.37 bits per heavy atom. The molecule has 1 aromatic rings. The first-order valence-electron chi connectivity index (χ1n) is 6.99. The van der Waals surface area contributed by atoms with E-state index in [1.807, 2.05) is 25.1 Å². The topological polar surface area (TPSA) is 26.3 Å². The molecular weight excluding hydrogens is 238 g/mol. The summed E-state index contributed by atoms with van der Waals surface area (Å²) in [7, 11) is 4.39. The van der Waals surface area contributed by atoms with E-state index in [4.69, 9.17) is 4.74 Å². The normalized spacial score (nSPS) is 29.2. The van der Waals surface area contributed by atoms with Crippen LogP contribution in [0.15, 0.2) is 30.3 Å². The minimum absolute atomic E-state index is 0.113. The Hall–Kier alpha value is -1.35. The first-order chi connectivity index (χ1) is 8.89. The summed E-state index contributed by atoms with van der Waals surface area (Å²) < 4.78 is 6.81. The van der Waals surface area contributed by atoms with Crippen molar-refractivity contribution in [3.63, 3.8) is 0 Å². The van der Waals surface area contributed by atoms with E-state index in [-0.39, 0.29) is 5.97 Å². The molecule has 1 fully saturated rings. The van der Waals surface area contributed by atoms with Gasteiger partial charge in [0, 0.05) is 12.0 Å². The van der Waals surface area contributed by atoms with Gasteiger partial charge in [-0.15, -0.1) is 0 Å². The second kappa shape index (κ2) is 4.97. The van der Waals surface area contributed by atoms with Gasteiger partial charge in [-0.25, -0.2) is 0 Å². The van der Waals surface area contributed by atoms with Crippen molar-refractivity contribution in [2.75, 3.05) is 27.2 Å². The standard InChI is InChI=1S/C16H24NO2/c1-5-15(18)19-16(14-9-7-6-8-10-14)12-17(3,4)11-13(16)2/h6-10,13H,5,11-12H2,1-4H3/q+1. The van der Waals surface area contributed by atoms with Crippen molar-refractivity contribution in [2.24, 2.45) is 5.92 Å². The molecule has 1 aliphatic heterocycles. The maximum Gasteiger partial charge on any atom is 0.306 e. The number of rotatable bonds is 3. The highest BCUT2D eigenvalue weighted by Crippen LogP contribution is 2.42. The summed E-state index contributed by atoms with van der Waals surface area (Å²) in [4.78, 5) is 11.9. The van der Waals surface area contributed by atoms with Crippen molar-refractivity contribution in [1.29, 1.82) is 0 Å². The minimum Gasteiger partial charge on any atom is -0.448 e. The summed E-state index contributed by atoms with van der Waals surface area (Å²) in [6.07, 6.45) is 0.425. The van der Waals surface area contributed by atoms with Crippen LogP contribution in [-0.4, -0.2) is 37.6 Å². The molecule has 1 aliphatic rings. The molecule has 19 heavy (non-hydrogen) atoms. The fourth-order valence-corrected chi connectivity index (χ4v) is 3.31. The molecule has 104 valence electrons. The molecule has 1 heterocycles. The van der Waals surface area contributed by atoms with E-state index in [9.17, 15) is 4.79 Å². The second-order valence-electron chi connectivity index (χ2n) is 6.26. The van der Waals surface area contributed by atoms with Gasteiger partial charge in [0.05, 0.1) is 26.6 Å². The smallest absolute Gasteiger partial charge is 0.306 e. The zero-order valence-corrected chi connectivity index (χ0v) is 12.3. The summed E-state index contributed by atoms with van der Waals surface area (Å²) in [5, 5.41) is 0. The lowest BCUT2D eigenvalue weighted by molar-refractivity contribution is -0.882. The number of ether oxygens (including phenoxy) is 1. The molecule has 1 aromatic carbocycles. The van der Waals surface area contributed by atoms with Crippen molar-refractivity contribution < 1.29 is 14.0 Å². The van der Waals surface area contributed by atoms with Crippen LogP contribution in [0.2, 0.25) is 0 Å². The average Bonchev–Trinajstić information content (AvgIpc) is 2.60. The molecular formula is C16H24NO2+. The third-order valence-corrected chi connectivity index (χ3v) is 4.07. The number of esters is 1. The van der Waals surface area contributed by atoms with Crippen LogP contribution in [0.4, 0.5) is 0 Å². The molecule has 3 heteroatoms. The lowest BCUT2D eigenvalue weighted by atomic mass is 9.85. The van der Waals surface area contributed by atoms with Gasteiger partial charge in [0.25, 0.3) is 0 Å². The lowest BCUT2D eigenvalue weighted by Crippen LogP contribution is -2.43. The molecule has 2 rings (SSSR count). The van der Waals surface area contributed by atoms with Crippen LogP contribution in [0, 0.1) is 5.92 Å². The predicted octanol–water partition coefficient (Wildman–Crippen LogP) is 2.56. The van der Waals surface area contributed by atoms with E-state index < -0.39 is 5.60 Å². The molecule has 2 atom stereocenters. The lowest BCUT2D eigenvalue weighted by Gasteiger charge is -2.32. The highest BCUT2D eigenvalue weighted by molar-refractivity contribution is 5.69. The number of benzene rings is 1. The molecule has 0 N–H and O–H groups in total. The quantitative estimate of drug-likeness (QED) is 0.618. The maximum absolute atomic E-state index is 11.9. The van der Waals surface area contributed by atoms with Gasteiger partial charge in [-0.3, -0.25) is 4.79 Å². The Balaban J connectivity index is 2.42. The van der Waals surface area contributed by atoms with Gasteiger partial charge < -0.3 is 9.22 Å². The molecule has 0 aliphatic carbocycles. The van der Waals surface area contributed by atoms with Crippen LogP contribution in [-0.2, 0) is 15.1 Å². The average molecular weight is 262 g/mol. The molecule has 0 amide bonds. The first-order valence-corrected chi connectivity index (χ1v) is 6.99. The number of hydrogen-bond donors (Lipinski definition) is 0. The zero-order valence-electron chi connectivity index (χ0n) is 12.3. The molecule has 0 radical (unpaired) electrons. The summed E-state index contributed by atoms with van der Waals surface area (Å²) in [5.74, 6) is 0.206. The van der Waals surface area contributed by atoms with Gasteiger partial charge in [0.15, 0.2) is 5.60 Å². The van der Waals surface area contributed by atoms with E-state index in [0.717, 1.165) is 23.1 Å². The van der Waals surface area contributed by atoms with E-state index in [0.29, 0.717) is 12.3 Å². The van der Waals surface area contributed by atoms with Crippen molar-refractivity contribution in [3.8, 4) is 0 Å². The molecule has 0 saturated carbocycles. The number of quaternary nitrogens is 1. The highest BCUT2D eigenvalue weighted by Gasteiger charge is 2.54. The second-order valence-corrected chi connectivity index (χ2v) is 6.26. The molecule has 0 aromatic heterocycles. The zero-order chi connectivity index (χ0) is 14.1. The van der Waals surface area contributed by atoms with Crippen LogP contribution >= 0.6 is 0 Å². The van der Waals surface area contributed by atoms with Crippen LogP contribution in [0.25, 0.3) is 0 Å². The van der Waals surface area contributed by atoms with Gasteiger partial charge >= 0.3 is 5.97 Å². The fraction of sp³-hybridized carbons (Fsp3) is 0.562. The molecule has 0 spiro atoms. The Morgan fingerprint density at radius 3 is 2.47 bits per heavy atom. The van der Waals surface area contributed by atoms with Crippen LogP contribution in [0.1, 0.15) is 25.8 Å². The Labute approximate surface area is 115 Å². The first kappa shape index (κ1) is 14.1. The van der Waals surface area contributed by atoms with E-state index >= 15 is 0 Å². The number of likely N-dealkylation sites (N-methyl/N-ethyl adjacent to an activating group) is 1. The molecule has 3 nitrogen and oxygen atoms in total. The van der Waals surface area contributed by atoms with Gasteiger partial charge in [0.2, 0.25) is 0 Å². The summed E-state index contributed by atoms with van der Waals surface area (Å²) in [6, 6.07) is 10.2. The van der Waals surface area contributed by atoms with Crippen LogP contribution in [0.3, 0.4) is 0 Å². The van der Waals surface area contributed by atoms with Gasteiger partial charge in [0.1, 0.15) is 6.54 Å². The van der Waals surface area contributed by atoms with Crippen molar-refractivity contribution >= 4 is 5.97 Å². The third kappa shape index (κ3) is 2.66. The number of nitrogens with zero attached hydrogens (tertiary/aromatic N) is 1. The van der Waals surface area contributed by atoms with Crippen molar-refractivity contribution in [3.05, 3.63) is 35.9 Å². The number of carbonyl (C=O) groups excluding carboxylic acids is 1. The number of hydrogen-bond acceptors (Lipinski definition) is 2. The fourth-order valence-electron chi connectivity index (χ4n) is 3.31. The van der Waals surface area contributed by atoms with E-state index in [2.05, 4.69) is 33.2 Å². The third-order valence-electron chi connectivity index (χ3n) is 4.07. The van der Waals surface area contributed by atoms with Crippen LogP contribution < -0.4 is 0 Å². The summed E-state index contributed by atoms with van der Waals surface area (Å²) in [5.41, 5.74) is 0.644. The Morgan fingerprint density at radius 2 is 2.00 bits per heavy atom. The minimum atomic E-state index is -0.474. The predicted molar refractivity (Wildman–Crippen MR) is 75.5 cm³/mol. The summed E-state index contributed by atoms with van der Waals surface area (Å²) >= 11 is 0. The molecule has 1 saturated heterocycles. The number of carbonyl (C=O) groups is 1. The Bertz CT molecular complexity index is 455. The molecule has 0 bridgehead atoms. The van der Waals surface area contributed by atoms with Crippen molar-refractivity contribution in [2.45, 2.75) is 25.9 Å². The van der Waals surface area contributed by atoms with Gasteiger partial charge in [-0.05, 0) is 0 Å². The monoisotopic (exact) mass is 262 g/mol. The van der Waals surface area contributed by atoms with Crippen LogP contribution in [0.5, 0.6) is 0 Å². The van der Waals surface area contributed by atoms with E-state index in [1.165, 1.54) is 0 Å². The summed E-state index contributed by atoms with van der Waals surface area (Å²) in [6.45, 7) is 5.89. The van der Waals surface area contributed by atoms with Gasteiger partial charge in [-0.1, -0.05) is 44.2 Å². The van der Waals surface area contributed by atoms with Gasteiger partial charge in [-0.2, -0.15) is 0 Å². The maximum atomic E-state index is 11.9. The van der Waals surface area contributed by atoms with Crippen molar-refractivity contribution in [1.82, 2.24) is 0 Å². The highest BCUT2D eigenvalue weighted by atomic mass is 16.6. The molecule has 2 unspecified atom stereocenters. The van der Waals surface area contributed by atoms with E-state index in [1.54, 1.807) is 0 Å².